The van der Waals surface area contributed by atoms with E-state index in [2.05, 4.69) is 10.6 Å². The van der Waals surface area contributed by atoms with Crippen LogP contribution in [0.5, 0.6) is 0 Å². The molecule has 0 atom stereocenters. The number of imide groups is 1. The zero-order valence-electron chi connectivity index (χ0n) is 19.5. The van der Waals surface area contributed by atoms with Gasteiger partial charge in [-0.3, -0.25) is 9.59 Å². The number of rotatable bonds is 6. The van der Waals surface area contributed by atoms with E-state index in [1.807, 2.05) is 55.7 Å². The summed E-state index contributed by atoms with van der Waals surface area (Å²) in [6, 6.07) is 13.9. The van der Waals surface area contributed by atoms with Gasteiger partial charge in [0.1, 0.15) is 12.2 Å². The van der Waals surface area contributed by atoms with Crippen LogP contribution in [0, 0.1) is 13.8 Å². The van der Waals surface area contributed by atoms with E-state index in [9.17, 15) is 14.4 Å². The second-order valence-corrected chi connectivity index (χ2v) is 9.04. The molecule has 1 fully saturated rings. The topological polar surface area (TPSA) is 83.4 Å². The first kappa shape index (κ1) is 24.6. The van der Waals surface area contributed by atoms with Gasteiger partial charge >= 0.3 is 6.03 Å². The molecule has 35 heavy (non-hydrogen) atoms. The molecule has 2 N–H and O–H groups in total. The smallest absolute Gasteiger partial charge is 0.324 e. The molecule has 0 saturated carbocycles. The fraction of sp³-hybridized carbons (Fsp3) is 0.192. The van der Waals surface area contributed by atoms with Crippen molar-refractivity contribution in [3.8, 4) is 5.69 Å². The summed E-state index contributed by atoms with van der Waals surface area (Å²) >= 11 is 12.4. The molecule has 3 aromatic rings. The first-order chi connectivity index (χ1) is 16.7. The predicted molar refractivity (Wildman–Crippen MR) is 138 cm³/mol. The van der Waals surface area contributed by atoms with Crippen LogP contribution in [0.15, 0.2) is 54.2 Å². The van der Waals surface area contributed by atoms with E-state index >= 15 is 0 Å². The third-order valence-electron chi connectivity index (χ3n) is 5.86. The average molecular weight is 511 g/mol. The molecule has 4 amide bonds. The van der Waals surface area contributed by atoms with E-state index in [0.717, 1.165) is 39.5 Å². The van der Waals surface area contributed by atoms with Gasteiger partial charge in [0.2, 0.25) is 5.91 Å². The lowest BCUT2D eigenvalue weighted by atomic mass is 10.1. The number of amides is 4. The Bertz CT molecular complexity index is 1380. The number of nitrogens with zero attached hydrogens (tertiary/aromatic N) is 2. The van der Waals surface area contributed by atoms with Gasteiger partial charge in [0.25, 0.3) is 5.91 Å². The van der Waals surface area contributed by atoms with Gasteiger partial charge in [-0.15, -0.1) is 0 Å². The Morgan fingerprint density at radius 3 is 2.54 bits per heavy atom. The van der Waals surface area contributed by atoms with Crippen LogP contribution in [0.3, 0.4) is 0 Å². The third kappa shape index (κ3) is 4.97. The van der Waals surface area contributed by atoms with Gasteiger partial charge in [-0.2, -0.15) is 0 Å². The molecule has 9 heteroatoms. The van der Waals surface area contributed by atoms with Gasteiger partial charge in [0, 0.05) is 22.1 Å². The molecule has 1 aromatic heterocycles. The van der Waals surface area contributed by atoms with Crippen molar-refractivity contribution in [2.24, 2.45) is 0 Å². The molecule has 1 saturated heterocycles. The van der Waals surface area contributed by atoms with E-state index in [1.165, 1.54) is 0 Å². The lowest BCUT2D eigenvalue weighted by Crippen LogP contribution is -2.38. The van der Waals surface area contributed by atoms with Crippen LogP contribution in [0.1, 0.15) is 29.4 Å². The van der Waals surface area contributed by atoms with Crippen LogP contribution in [0.25, 0.3) is 11.8 Å². The van der Waals surface area contributed by atoms with Crippen molar-refractivity contribution in [1.82, 2.24) is 14.8 Å². The number of halogens is 2. The van der Waals surface area contributed by atoms with Crippen LogP contribution in [-0.4, -0.2) is 33.9 Å². The minimum absolute atomic E-state index is 0.0965. The SMILES string of the molecule is CCc1ccccc1NC(=O)CN1C(=O)N/C(=C/c2cc(C)n(-c3ccc(Cl)cc3Cl)c2C)C1=O. The molecule has 1 aliphatic heterocycles. The maximum Gasteiger partial charge on any atom is 0.329 e. The minimum atomic E-state index is -0.644. The number of aromatic nitrogens is 1. The van der Waals surface area contributed by atoms with Crippen molar-refractivity contribution < 1.29 is 14.4 Å². The van der Waals surface area contributed by atoms with Crippen LogP contribution in [-0.2, 0) is 16.0 Å². The number of urea groups is 1. The van der Waals surface area contributed by atoms with E-state index in [1.54, 1.807) is 24.3 Å². The molecule has 0 radical (unpaired) electrons. The standard InChI is InChI=1S/C26H24Cl2N4O3/c1-4-17-7-5-6-8-21(17)29-24(33)14-31-25(34)22(30-26(31)35)12-18-11-15(2)32(16(18)3)23-10-9-19(27)13-20(23)28/h5-13H,4,14H2,1-3H3,(H,29,33)(H,30,35)/b22-12+. The van der Waals surface area contributed by atoms with Gasteiger partial charge in [-0.1, -0.05) is 48.3 Å². The Labute approximate surface area is 213 Å². The largest absolute Gasteiger partial charge is 0.329 e. The van der Waals surface area contributed by atoms with E-state index < -0.39 is 17.8 Å². The molecule has 4 rings (SSSR count). The molecule has 0 spiro atoms. The lowest BCUT2D eigenvalue weighted by molar-refractivity contribution is -0.127. The fourth-order valence-corrected chi connectivity index (χ4v) is 4.61. The molecule has 1 aliphatic rings. The average Bonchev–Trinajstić information content (AvgIpc) is 3.23. The summed E-state index contributed by atoms with van der Waals surface area (Å²) in [5, 5.41) is 6.38. The first-order valence-corrected chi connectivity index (χ1v) is 11.8. The van der Waals surface area contributed by atoms with Gasteiger partial charge in [-0.25, -0.2) is 9.69 Å². The molecule has 0 unspecified atom stereocenters. The number of nitrogens with one attached hydrogen (secondary N) is 2. The second kappa shape index (κ2) is 9.98. The van der Waals surface area contributed by atoms with Crippen molar-refractivity contribution >= 4 is 52.8 Å². The molecule has 0 bridgehead atoms. The molecular weight excluding hydrogens is 487 g/mol. The van der Waals surface area contributed by atoms with Crippen LogP contribution in [0.4, 0.5) is 10.5 Å². The highest BCUT2D eigenvalue weighted by Crippen LogP contribution is 2.30. The number of benzene rings is 2. The quantitative estimate of drug-likeness (QED) is 0.339. The molecule has 180 valence electrons. The number of anilines is 1. The number of aryl methyl sites for hydroxylation is 2. The van der Waals surface area contributed by atoms with Gasteiger partial charge in [0.15, 0.2) is 0 Å². The van der Waals surface area contributed by atoms with Crippen molar-refractivity contribution in [2.75, 3.05) is 11.9 Å². The van der Waals surface area contributed by atoms with Gasteiger partial charge < -0.3 is 15.2 Å². The number of hydrogen-bond acceptors (Lipinski definition) is 3. The minimum Gasteiger partial charge on any atom is -0.324 e. The Kier molecular flexibility index (Phi) is 7.00. The Morgan fingerprint density at radius 2 is 1.83 bits per heavy atom. The summed E-state index contributed by atoms with van der Waals surface area (Å²) in [4.78, 5) is 38.9. The summed E-state index contributed by atoms with van der Waals surface area (Å²) < 4.78 is 1.95. The summed E-state index contributed by atoms with van der Waals surface area (Å²) in [6.07, 6.45) is 2.35. The molecule has 0 aliphatic carbocycles. The monoisotopic (exact) mass is 510 g/mol. The molecule has 2 aromatic carbocycles. The van der Waals surface area contributed by atoms with Crippen molar-refractivity contribution in [3.05, 3.63) is 86.8 Å². The Balaban J connectivity index is 1.55. The maximum atomic E-state index is 12.9. The van der Waals surface area contributed by atoms with Crippen LogP contribution < -0.4 is 10.6 Å². The first-order valence-electron chi connectivity index (χ1n) is 11.1. The Morgan fingerprint density at radius 1 is 1.09 bits per heavy atom. The lowest BCUT2D eigenvalue weighted by Gasteiger charge is -2.13. The fourth-order valence-electron chi connectivity index (χ4n) is 4.12. The second-order valence-electron chi connectivity index (χ2n) is 8.20. The van der Waals surface area contributed by atoms with Crippen LogP contribution >= 0.6 is 23.2 Å². The number of carbonyl (C=O) groups excluding carboxylic acids is 3. The zero-order valence-corrected chi connectivity index (χ0v) is 21.0. The summed E-state index contributed by atoms with van der Waals surface area (Å²) in [5.74, 6) is -1.02. The van der Waals surface area contributed by atoms with E-state index in [4.69, 9.17) is 23.2 Å². The Hall–Kier alpha value is -3.55. The number of hydrogen-bond donors (Lipinski definition) is 2. The zero-order chi connectivity index (χ0) is 25.3. The van der Waals surface area contributed by atoms with E-state index in [0.29, 0.717) is 15.7 Å². The maximum absolute atomic E-state index is 12.9. The highest BCUT2D eigenvalue weighted by Gasteiger charge is 2.35. The highest BCUT2D eigenvalue weighted by molar-refractivity contribution is 6.35. The number of carbonyl (C=O) groups is 3. The van der Waals surface area contributed by atoms with Crippen molar-refractivity contribution in [2.45, 2.75) is 27.2 Å². The van der Waals surface area contributed by atoms with Crippen molar-refractivity contribution in [1.29, 1.82) is 0 Å². The molecular formula is C26H24Cl2N4O3. The third-order valence-corrected chi connectivity index (χ3v) is 6.39. The van der Waals surface area contributed by atoms with Crippen molar-refractivity contribution in [3.63, 3.8) is 0 Å². The molecule has 2 heterocycles. The van der Waals surface area contributed by atoms with Gasteiger partial charge in [0.05, 0.1) is 10.7 Å². The number of para-hydroxylation sites is 1. The highest BCUT2D eigenvalue weighted by atomic mass is 35.5. The van der Waals surface area contributed by atoms with Gasteiger partial charge in [-0.05, 0) is 67.8 Å². The summed E-state index contributed by atoms with van der Waals surface area (Å²) in [6.45, 7) is 5.40. The predicted octanol–water partition coefficient (Wildman–Crippen LogP) is 5.49. The van der Waals surface area contributed by atoms with E-state index in [-0.39, 0.29) is 12.2 Å². The molecule has 7 nitrogen and oxygen atoms in total. The normalized spacial score (nSPS) is 14.5. The van der Waals surface area contributed by atoms with Crippen LogP contribution in [0.2, 0.25) is 10.0 Å². The summed E-state index contributed by atoms with van der Waals surface area (Å²) in [5.41, 5.74) is 4.93. The summed E-state index contributed by atoms with van der Waals surface area (Å²) in [7, 11) is 0.